The molecule has 0 saturated heterocycles. The number of aliphatic hydroxyl groups is 1. The van der Waals surface area contributed by atoms with Gasteiger partial charge in [-0.05, 0) is 25.0 Å². The SMILES string of the molecule is CCOC(=O)CC(=O)COc1ccccc1CCO. The molecule has 19 heavy (non-hydrogen) atoms. The lowest BCUT2D eigenvalue weighted by Crippen LogP contribution is -2.17. The molecule has 0 radical (unpaired) electrons. The molecule has 0 unspecified atom stereocenters. The van der Waals surface area contributed by atoms with E-state index in [2.05, 4.69) is 4.74 Å². The zero-order valence-corrected chi connectivity index (χ0v) is 10.9. The van der Waals surface area contributed by atoms with Crippen LogP contribution in [0, 0.1) is 0 Å². The van der Waals surface area contributed by atoms with Gasteiger partial charge in [-0.2, -0.15) is 0 Å². The Morgan fingerprint density at radius 3 is 2.68 bits per heavy atom. The second kappa shape index (κ2) is 8.26. The second-order valence-corrected chi connectivity index (χ2v) is 3.89. The van der Waals surface area contributed by atoms with Crippen LogP contribution in [0.3, 0.4) is 0 Å². The highest BCUT2D eigenvalue weighted by molar-refractivity contribution is 5.96. The van der Waals surface area contributed by atoms with E-state index in [1.165, 1.54) is 0 Å². The lowest BCUT2D eigenvalue weighted by Gasteiger charge is -2.09. The zero-order valence-electron chi connectivity index (χ0n) is 10.9. The molecule has 0 aliphatic rings. The number of aliphatic hydroxyl groups excluding tert-OH is 1. The van der Waals surface area contributed by atoms with Gasteiger partial charge in [-0.3, -0.25) is 9.59 Å². The average Bonchev–Trinajstić information content (AvgIpc) is 2.38. The number of rotatable bonds is 8. The van der Waals surface area contributed by atoms with Crippen LogP contribution in [0.15, 0.2) is 24.3 Å². The highest BCUT2D eigenvalue weighted by Crippen LogP contribution is 2.18. The van der Waals surface area contributed by atoms with E-state index in [0.717, 1.165) is 5.56 Å². The Morgan fingerprint density at radius 1 is 1.26 bits per heavy atom. The van der Waals surface area contributed by atoms with Gasteiger partial charge >= 0.3 is 5.97 Å². The predicted molar refractivity (Wildman–Crippen MR) is 69.0 cm³/mol. The van der Waals surface area contributed by atoms with Crippen molar-refractivity contribution in [2.24, 2.45) is 0 Å². The van der Waals surface area contributed by atoms with Crippen molar-refractivity contribution in [1.29, 1.82) is 0 Å². The first-order valence-electron chi connectivity index (χ1n) is 6.16. The molecular weight excluding hydrogens is 248 g/mol. The molecule has 1 rings (SSSR count). The topological polar surface area (TPSA) is 72.8 Å². The highest BCUT2D eigenvalue weighted by atomic mass is 16.5. The summed E-state index contributed by atoms with van der Waals surface area (Å²) < 4.78 is 10.0. The summed E-state index contributed by atoms with van der Waals surface area (Å²) in [6, 6.07) is 7.16. The van der Waals surface area contributed by atoms with Crippen LogP contribution in [-0.4, -0.2) is 36.7 Å². The Labute approximate surface area is 112 Å². The van der Waals surface area contributed by atoms with Crippen LogP contribution in [0.5, 0.6) is 5.75 Å². The number of Topliss-reactive ketones (excluding diaryl/α,β-unsaturated/α-hetero) is 1. The Balaban J connectivity index is 2.48. The monoisotopic (exact) mass is 266 g/mol. The fraction of sp³-hybridized carbons (Fsp3) is 0.429. The van der Waals surface area contributed by atoms with E-state index in [9.17, 15) is 9.59 Å². The smallest absolute Gasteiger partial charge is 0.313 e. The first kappa shape index (κ1) is 15.2. The maximum absolute atomic E-state index is 11.5. The van der Waals surface area contributed by atoms with Crippen molar-refractivity contribution in [2.45, 2.75) is 19.8 Å². The van der Waals surface area contributed by atoms with Gasteiger partial charge in [-0.25, -0.2) is 0 Å². The van der Waals surface area contributed by atoms with Gasteiger partial charge in [-0.1, -0.05) is 18.2 Å². The molecule has 5 nitrogen and oxygen atoms in total. The van der Waals surface area contributed by atoms with Gasteiger partial charge in [0, 0.05) is 6.61 Å². The number of ketones is 1. The molecule has 0 spiro atoms. The van der Waals surface area contributed by atoms with Crippen molar-refractivity contribution in [3.05, 3.63) is 29.8 Å². The average molecular weight is 266 g/mol. The Hall–Kier alpha value is -1.88. The number of carbonyl (C=O) groups excluding carboxylic acids is 2. The number of hydrogen-bond acceptors (Lipinski definition) is 5. The molecule has 1 aromatic rings. The summed E-state index contributed by atoms with van der Waals surface area (Å²) in [6.45, 7) is 1.77. The zero-order chi connectivity index (χ0) is 14.1. The molecule has 104 valence electrons. The predicted octanol–water partition coefficient (Wildman–Crippen LogP) is 1.12. The van der Waals surface area contributed by atoms with E-state index in [1.54, 1.807) is 19.1 Å². The third-order valence-electron chi connectivity index (χ3n) is 2.39. The Morgan fingerprint density at radius 2 is 2.00 bits per heavy atom. The number of esters is 1. The normalized spacial score (nSPS) is 10.0. The quantitative estimate of drug-likeness (QED) is 0.564. The number of benzene rings is 1. The molecule has 0 fully saturated rings. The Kier molecular flexibility index (Phi) is 6.60. The van der Waals surface area contributed by atoms with E-state index in [-0.39, 0.29) is 32.0 Å². The first-order valence-corrected chi connectivity index (χ1v) is 6.16. The first-order chi connectivity index (χ1) is 9.17. The molecule has 0 aliphatic carbocycles. The molecule has 0 bridgehead atoms. The second-order valence-electron chi connectivity index (χ2n) is 3.89. The molecule has 1 aromatic carbocycles. The van der Waals surface area contributed by atoms with Crippen LogP contribution >= 0.6 is 0 Å². The molecule has 0 amide bonds. The molecule has 1 N–H and O–H groups in total. The van der Waals surface area contributed by atoms with Crippen molar-refractivity contribution < 1.29 is 24.2 Å². The third-order valence-corrected chi connectivity index (χ3v) is 2.39. The summed E-state index contributed by atoms with van der Waals surface area (Å²) in [4.78, 5) is 22.6. The third kappa shape index (κ3) is 5.52. The molecule has 0 aliphatic heterocycles. The number of carbonyl (C=O) groups is 2. The maximum atomic E-state index is 11.5. The molecule has 0 atom stereocenters. The number of hydrogen-bond donors (Lipinski definition) is 1. The summed E-state index contributed by atoms with van der Waals surface area (Å²) >= 11 is 0. The minimum Gasteiger partial charge on any atom is -0.486 e. The van der Waals surface area contributed by atoms with E-state index in [4.69, 9.17) is 9.84 Å². The van der Waals surface area contributed by atoms with Crippen LogP contribution < -0.4 is 4.74 Å². The fourth-order valence-electron chi connectivity index (χ4n) is 1.55. The largest absolute Gasteiger partial charge is 0.486 e. The minimum atomic E-state index is -0.542. The minimum absolute atomic E-state index is 0.0111. The highest BCUT2D eigenvalue weighted by Gasteiger charge is 2.12. The van der Waals surface area contributed by atoms with Gasteiger partial charge in [0.15, 0.2) is 5.78 Å². The van der Waals surface area contributed by atoms with Crippen molar-refractivity contribution in [1.82, 2.24) is 0 Å². The summed E-state index contributed by atoms with van der Waals surface area (Å²) in [5.74, 6) is -0.328. The van der Waals surface area contributed by atoms with E-state index < -0.39 is 5.97 Å². The van der Waals surface area contributed by atoms with Crippen molar-refractivity contribution in [2.75, 3.05) is 19.8 Å². The molecule has 0 aromatic heterocycles. The van der Waals surface area contributed by atoms with Crippen molar-refractivity contribution in [3.63, 3.8) is 0 Å². The van der Waals surface area contributed by atoms with E-state index in [0.29, 0.717) is 12.2 Å². The lowest BCUT2D eigenvalue weighted by atomic mass is 10.1. The van der Waals surface area contributed by atoms with Crippen LogP contribution in [0.1, 0.15) is 18.9 Å². The van der Waals surface area contributed by atoms with Gasteiger partial charge in [-0.15, -0.1) is 0 Å². The summed E-state index contributed by atoms with van der Waals surface area (Å²) in [5.41, 5.74) is 0.828. The van der Waals surface area contributed by atoms with Crippen molar-refractivity contribution in [3.8, 4) is 5.75 Å². The Bertz CT molecular complexity index is 428. The number of para-hydroxylation sites is 1. The molecule has 0 saturated carbocycles. The van der Waals surface area contributed by atoms with Gasteiger partial charge in [0.05, 0.1) is 6.61 Å². The standard InChI is InChI=1S/C14H18O5/c1-2-18-14(17)9-12(16)10-19-13-6-4-3-5-11(13)7-8-15/h3-6,15H,2,7-10H2,1H3. The van der Waals surface area contributed by atoms with Crippen molar-refractivity contribution >= 4 is 11.8 Å². The van der Waals surface area contributed by atoms with Crippen LogP contribution in [0.25, 0.3) is 0 Å². The summed E-state index contributed by atoms with van der Waals surface area (Å²) in [6.07, 6.45) is 0.179. The van der Waals surface area contributed by atoms with Gasteiger partial charge in [0.2, 0.25) is 0 Å². The van der Waals surface area contributed by atoms with E-state index in [1.807, 2.05) is 12.1 Å². The lowest BCUT2D eigenvalue weighted by molar-refractivity contribution is -0.145. The van der Waals surface area contributed by atoms with E-state index >= 15 is 0 Å². The van der Waals surface area contributed by atoms with Gasteiger partial charge in [0.1, 0.15) is 18.8 Å². The van der Waals surface area contributed by atoms with Gasteiger partial charge < -0.3 is 14.6 Å². The maximum Gasteiger partial charge on any atom is 0.313 e. The van der Waals surface area contributed by atoms with Gasteiger partial charge in [0.25, 0.3) is 0 Å². The molecule has 5 heteroatoms. The molecular formula is C14H18O5. The van der Waals surface area contributed by atoms with Crippen LogP contribution in [0.2, 0.25) is 0 Å². The number of ether oxygens (including phenoxy) is 2. The fourth-order valence-corrected chi connectivity index (χ4v) is 1.55. The van der Waals surface area contributed by atoms with Crippen LogP contribution in [-0.2, 0) is 20.7 Å². The summed E-state index contributed by atoms with van der Waals surface area (Å²) in [5, 5.41) is 8.92. The molecule has 0 heterocycles. The summed E-state index contributed by atoms with van der Waals surface area (Å²) in [7, 11) is 0. The van der Waals surface area contributed by atoms with Crippen LogP contribution in [0.4, 0.5) is 0 Å².